The number of hydrogen-bond donors (Lipinski definition) is 1. The molecule has 1 aromatic heterocycles. The zero-order valence-corrected chi connectivity index (χ0v) is 17.4. The average Bonchev–Trinajstić information content (AvgIpc) is 2.65. The number of esters is 1. The summed E-state index contributed by atoms with van der Waals surface area (Å²) in [6.45, 7) is 7.21. The van der Waals surface area contributed by atoms with Gasteiger partial charge in [0.1, 0.15) is 5.60 Å². The van der Waals surface area contributed by atoms with E-state index in [1.165, 1.54) is 6.20 Å². The summed E-state index contributed by atoms with van der Waals surface area (Å²) in [6, 6.07) is 3.45. The Morgan fingerprint density at radius 3 is 2.61 bits per heavy atom. The third-order valence-corrected chi connectivity index (χ3v) is 4.88. The Kier molecular flexibility index (Phi) is 6.25. The van der Waals surface area contributed by atoms with E-state index in [0.29, 0.717) is 27.4 Å². The maximum Gasteiger partial charge on any atom is 0.348 e. The minimum atomic E-state index is -0.736. The molecule has 0 radical (unpaired) electrons. The number of carbonyl (C=O) groups excluding carboxylic acids is 1. The Morgan fingerprint density at radius 2 is 1.96 bits per heavy atom. The van der Waals surface area contributed by atoms with Crippen molar-refractivity contribution < 1.29 is 19.0 Å². The molecule has 8 heteroatoms. The first-order valence-corrected chi connectivity index (χ1v) is 9.75. The lowest BCUT2D eigenvalue weighted by molar-refractivity contribution is -0.166. The minimum absolute atomic E-state index is 0.0435. The lowest BCUT2D eigenvalue weighted by Gasteiger charge is -2.32. The van der Waals surface area contributed by atoms with E-state index in [9.17, 15) is 4.79 Å². The number of halogens is 1. The minimum Gasteiger partial charge on any atom is -0.493 e. The molecule has 152 valence electrons. The Balaban J connectivity index is 1.96. The summed E-state index contributed by atoms with van der Waals surface area (Å²) in [7, 11) is 1.55. The molecule has 7 nitrogen and oxygen atoms in total. The highest BCUT2D eigenvalue weighted by Gasteiger charge is 2.35. The van der Waals surface area contributed by atoms with Crippen molar-refractivity contribution in [1.29, 1.82) is 0 Å². The molecule has 2 aromatic rings. The number of ether oxygens (including phenoxy) is 3. The maximum absolute atomic E-state index is 12.9. The fourth-order valence-corrected chi connectivity index (χ4v) is 3.46. The van der Waals surface area contributed by atoms with Crippen LogP contribution in [0.5, 0.6) is 11.5 Å². The third kappa shape index (κ3) is 4.83. The molecule has 1 N–H and O–H groups in total. The van der Waals surface area contributed by atoms with Crippen LogP contribution in [0.15, 0.2) is 18.3 Å². The summed E-state index contributed by atoms with van der Waals surface area (Å²) in [5.74, 6) is 0.562. The molecule has 1 saturated heterocycles. The van der Waals surface area contributed by atoms with Crippen LogP contribution in [-0.2, 0) is 9.53 Å². The highest BCUT2D eigenvalue weighted by molar-refractivity contribution is 6.35. The van der Waals surface area contributed by atoms with Crippen LogP contribution in [-0.4, -0.2) is 48.1 Å². The summed E-state index contributed by atoms with van der Waals surface area (Å²) < 4.78 is 17.3. The van der Waals surface area contributed by atoms with Gasteiger partial charge in [0.25, 0.3) is 0 Å². The Labute approximate surface area is 169 Å². The first-order valence-electron chi connectivity index (χ1n) is 9.37. The molecular formula is C20H26ClN3O4. The van der Waals surface area contributed by atoms with Gasteiger partial charge in [-0.05, 0) is 52.8 Å². The smallest absolute Gasteiger partial charge is 0.348 e. The van der Waals surface area contributed by atoms with Crippen LogP contribution in [0.1, 0.15) is 33.6 Å². The summed E-state index contributed by atoms with van der Waals surface area (Å²) >= 11 is 6.21. The van der Waals surface area contributed by atoms with E-state index in [2.05, 4.69) is 15.5 Å². The van der Waals surface area contributed by atoms with Crippen molar-refractivity contribution in [3.8, 4) is 11.5 Å². The molecule has 1 fully saturated rings. The van der Waals surface area contributed by atoms with Crippen molar-refractivity contribution in [2.75, 3.05) is 20.2 Å². The van der Waals surface area contributed by atoms with E-state index < -0.39 is 11.7 Å². The molecule has 0 spiro atoms. The number of nitrogens with one attached hydrogen (secondary N) is 1. The van der Waals surface area contributed by atoms with Gasteiger partial charge in [-0.2, -0.15) is 10.2 Å². The number of hydrogen-bond acceptors (Lipinski definition) is 7. The first kappa shape index (κ1) is 20.6. The predicted molar refractivity (Wildman–Crippen MR) is 107 cm³/mol. The van der Waals surface area contributed by atoms with E-state index >= 15 is 0 Å². The summed E-state index contributed by atoms with van der Waals surface area (Å²) in [5.41, 5.74) is -0.0329. The van der Waals surface area contributed by atoms with Crippen LogP contribution in [0.25, 0.3) is 10.9 Å². The van der Waals surface area contributed by atoms with Gasteiger partial charge in [0.05, 0.1) is 23.8 Å². The van der Waals surface area contributed by atoms with E-state index in [1.807, 2.05) is 20.8 Å². The van der Waals surface area contributed by atoms with Crippen LogP contribution in [0.2, 0.25) is 5.02 Å². The second-order valence-corrected chi connectivity index (χ2v) is 8.28. The van der Waals surface area contributed by atoms with Crippen molar-refractivity contribution in [3.05, 3.63) is 23.4 Å². The fraction of sp³-hybridized carbons (Fsp3) is 0.550. The average molecular weight is 408 g/mol. The quantitative estimate of drug-likeness (QED) is 0.760. The van der Waals surface area contributed by atoms with Gasteiger partial charge in [0.2, 0.25) is 0 Å². The zero-order chi connectivity index (χ0) is 20.3. The van der Waals surface area contributed by atoms with Gasteiger partial charge in [-0.15, -0.1) is 0 Å². The highest BCUT2D eigenvalue weighted by Crippen LogP contribution is 2.36. The van der Waals surface area contributed by atoms with Gasteiger partial charge in [0, 0.05) is 17.4 Å². The van der Waals surface area contributed by atoms with Gasteiger partial charge < -0.3 is 19.5 Å². The molecule has 1 aliphatic rings. The van der Waals surface area contributed by atoms with Gasteiger partial charge >= 0.3 is 5.97 Å². The molecule has 0 amide bonds. The SMILES string of the molecule is COc1cc2c(Cl)cnnc2cc1OC(C(=O)OC(C)(C)C)C1CCNCC1. The van der Waals surface area contributed by atoms with Crippen molar-refractivity contribution in [2.24, 2.45) is 5.92 Å². The standard InChI is InChI=1S/C20H26ClN3O4/c1-20(2,3)28-19(25)18(12-5-7-22-8-6-12)27-17-10-15-13(9-16(17)26-4)14(21)11-23-24-15/h9-12,18,22H,5-8H2,1-4H3. The number of piperidine rings is 1. The molecule has 3 rings (SSSR count). The Hall–Kier alpha value is -2.12. The summed E-state index contributed by atoms with van der Waals surface area (Å²) in [4.78, 5) is 12.9. The topological polar surface area (TPSA) is 82.6 Å². The maximum atomic E-state index is 12.9. The molecule has 1 unspecified atom stereocenters. The largest absolute Gasteiger partial charge is 0.493 e. The van der Waals surface area contributed by atoms with Gasteiger partial charge in [-0.3, -0.25) is 0 Å². The van der Waals surface area contributed by atoms with Crippen molar-refractivity contribution >= 4 is 28.5 Å². The fourth-order valence-electron chi connectivity index (χ4n) is 3.27. The normalized spacial score (nSPS) is 16.6. The lowest BCUT2D eigenvalue weighted by Crippen LogP contribution is -2.44. The van der Waals surface area contributed by atoms with Gasteiger partial charge in [-0.1, -0.05) is 11.6 Å². The molecule has 0 bridgehead atoms. The van der Waals surface area contributed by atoms with Crippen LogP contribution in [0.3, 0.4) is 0 Å². The first-order chi connectivity index (χ1) is 13.3. The van der Waals surface area contributed by atoms with E-state index in [4.69, 9.17) is 25.8 Å². The van der Waals surface area contributed by atoms with E-state index in [-0.39, 0.29) is 11.9 Å². The molecular weight excluding hydrogens is 382 g/mol. The number of methoxy groups -OCH3 is 1. The molecule has 1 atom stereocenters. The van der Waals surface area contributed by atoms with Gasteiger partial charge in [0.15, 0.2) is 17.6 Å². The molecule has 1 aliphatic heterocycles. The Morgan fingerprint density at radius 1 is 1.25 bits per heavy atom. The number of aromatic nitrogens is 2. The van der Waals surface area contributed by atoms with Gasteiger partial charge in [-0.25, -0.2) is 4.79 Å². The second kappa shape index (κ2) is 8.49. The van der Waals surface area contributed by atoms with Crippen molar-refractivity contribution in [2.45, 2.75) is 45.3 Å². The Bertz CT molecular complexity index is 847. The molecule has 2 heterocycles. The lowest BCUT2D eigenvalue weighted by atomic mass is 9.92. The van der Waals surface area contributed by atoms with Crippen LogP contribution < -0.4 is 14.8 Å². The van der Waals surface area contributed by atoms with Crippen molar-refractivity contribution in [3.63, 3.8) is 0 Å². The summed E-state index contributed by atoms with van der Waals surface area (Å²) in [6.07, 6.45) is 2.39. The number of nitrogens with zero attached hydrogens (tertiary/aromatic N) is 2. The zero-order valence-electron chi connectivity index (χ0n) is 16.6. The number of benzene rings is 1. The van der Waals surface area contributed by atoms with E-state index in [1.54, 1.807) is 19.2 Å². The molecule has 0 aliphatic carbocycles. The number of carbonyl (C=O) groups is 1. The molecule has 0 saturated carbocycles. The predicted octanol–water partition coefficient (Wildman–Crippen LogP) is 3.38. The second-order valence-electron chi connectivity index (χ2n) is 7.87. The van der Waals surface area contributed by atoms with Crippen LogP contribution in [0, 0.1) is 5.92 Å². The van der Waals surface area contributed by atoms with Crippen LogP contribution >= 0.6 is 11.6 Å². The molecule has 1 aromatic carbocycles. The monoisotopic (exact) mass is 407 g/mol. The third-order valence-electron chi connectivity index (χ3n) is 4.58. The van der Waals surface area contributed by atoms with E-state index in [0.717, 1.165) is 25.9 Å². The number of rotatable bonds is 5. The highest BCUT2D eigenvalue weighted by atomic mass is 35.5. The van der Waals surface area contributed by atoms with Crippen LogP contribution in [0.4, 0.5) is 0 Å². The van der Waals surface area contributed by atoms with Crippen molar-refractivity contribution in [1.82, 2.24) is 15.5 Å². The molecule has 28 heavy (non-hydrogen) atoms. The number of fused-ring (bicyclic) bond motifs is 1. The summed E-state index contributed by atoms with van der Waals surface area (Å²) in [5, 5.41) is 12.5.